The molecule has 0 aliphatic rings. The third-order valence-electron chi connectivity index (χ3n) is 4.57. The summed E-state index contributed by atoms with van der Waals surface area (Å²) in [4.78, 5) is 27.1. The Kier molecular flexibility index (Phi) is 6.56. The highest BCUT2D eigenvalue weighted by Gasteiger charge is 2.18. The Morgan fingerprint density at radius 3 is 2.52 bits per heavy atom. The molecule has 3 aromatic rings. The van der Waals surface area contributed by atoms with E-state index in [0.717, 1.165) is 0 Å². The van der Waals surface area contributed by atoms with Gasteiger partial charge in [-0.3, -0.25) is 4.79 Å². The third kappa shape index (κ3) is 4.83. The van der Waals surface area contributed by atoms with E-state index >= 15 is 0 Å². The number of benzene rings is 1. The number of rotatable bonds is 8. The molecule has 0 fully saturated rings. The molecule has 0 amide bonds. The maximum absolute atomic E-state index is 12.3. The van der Waals surface area contributed by atoms with Crippen LogP contribution in [0.4, 0.5) is 17.2 Å². The summed E-state index contributed by atoms with van der Waals surface area (Å²) in [5, 5.41) is 14.3. The van der Waals surface area contributed by atoms with Crippen molar-refractivity contribution in [1.82, 2.24) is 15.2 Å². The van der Waals surface area contributed by atoms with Gasteiger partial charge in [0.15, 0.2) is 17.4 Å². The second-order valence-corrected chi connectivity index (χ2v) is 10.3. The van der Waals surface area contributed by atoms with Gasteiger partial charge in [-0.1, -0.05) is 13.0 Å². The lowest BCUT2D eigenvalue weighted by atomic mass is 10.1. The van der Waals surface area contributed by atoms with Crippen molar-refractivity contribution in [3.8, 4) is 17.0 Å². The monoisotopic (exact) mass is 439 g/mol. The van der Waals surface area contributed by atoms with Crippen molar-refractivity contribution in [2.24, 2.45) is 5.18 Å². The zero-order valence-electron chi connectivity index (χ0n) is 17.6. The lowest BCUT2D eigenvalue weighted by molar-refractivity contribution is 0.0988. The molecule has 0 radical (unpaired) electrons. The number of carbonyl (C=O) groups excluding carboxylic acids is 1. The molecule has 0 unspecified atom stereocenters. The number of hydrogen-bond acceptors (Lipinski definition) is 9. The van der Waals surface area contributed by atoms with Crippen LogP contribution in [0.2, 0.25) is 0 Å². The van der Waals surface area contributed by atoms with E-state index in [1.807, 2.05) is 6.07 Å². The quantitative estimate of drug-likeness (QED) is 0.308. The SMILES string of the molecule is CCC(=O)c1cnc(N=O)cc1Nc1cccc(-c2ccc(P(C)(C)=O)nn2)c1OC. The molecule has 160 valence electrons. The Bertz CT molecular complexity index is 1170. The lowest BCUT2D eigenvalue weighted by Crippen LogP contribution is -2.10. The smallest absolute Gasteiger partial charge is 0.198 e. The molecule has 0 bridgehead atoms. The van der Waals surface area contributed by atoms with E-state index in [2.05, 4.69) is 25.7 Å². The topological polar surface area (TPSA) is 124 Å². The highest BCUT2D eigenvalue weighted by Crippen LogP contribution is 2.39. The Morgan fingerprint density at radius 2 is 1.94 bits per heavy atom. The van der Waals surface area contributed by atoms with Gasteiger partial charge in [0.25, 0.3) is 0 Å². The number of nitroso groups, excluding NO2 is 1. The minimum Gasteiger partial charge on any atom is -0.494 e. The maximum Gasteiger partial charge on any atom is 0.198 e. The van der Waals surface area contributed by atoms with Gasteiger partial charge in [-0.2, -0.15) is 0 Å². The Hall–Kier alpha value is -3.45. The third-order valence-corrected chi connectivity index (χ3v) is 5.91. The van der Waals surface area contributed by atoms with Gasteiger partial charge in [-0.05, 0) is 42.8 Å². The first kappa shape index (κ1) is 22.2. The van der Waals surface area contributed by atoms with Crippen LogP contribution in [0.1, 0.15) is 23.7 Å². The molecular weight excluding hydrogens is 417 g/mol. The molecule has 31 heavy (non-hydrogen) atoms. The van der Waals surface area contributed by atoms with Crippen LogP contribution >= 0.6 is 7.14 Å². The number of Topliss-reactive ketones (excluding diaryl/α,β-unsaturated/α-hetero) is 1. The number of ketones is 1. The molecule has 0 saturated carbocycles. The molecule has 1 N–H and O–H groups in total. The fourth-order valence-corrected chi connectivity index (χ4v) is 3.66. The van der Waals surface area contributed by atoms with E-state index in [1.54, 1.807) is 44.5 Å². The maximum atomic E-state index is 12.3. The van der Waals surface area contributed by atoms with E-state index < -0.39 is 7.14 Å². The standard InChI is InChI=1S/C21H22N5O4P/c1-5-18(27)14-12-22-19(26-28)11-17(14)23-16-8-6-7-13(21(16)30-2)15-9-10-20(25-24-15)31(3,4)29/h6-12H,5H2,1-4H3,(H,22,23). The van der Waals surface area contributed by atoms with Crippen molar-refractivity contribution in [3.63, 3.8) is 0 Å². The second-order valence-electron chi connectivity index (χ2n) is 7.10. The van der Waals surface area contributed by atoms with Crippen molar-refractivity contribution < 1.29 is 14.1 Å². The van der Waals surface area contributed by atoms with Crippen LogP contribution in [0.5, 0.6) is 5.75 Å². The van der Waals surface area contributed by atoms with E-state index in [1.165, 1.54) is 19.4 Å². The number of anilines is 2. The predicted molar refractivity (Wildman–Crippen MR) is 121 cm³/mol. The number of carbonyl (C=O) groups is 1. The van der Waals surface area contributed by atoms with Crippen molar-refractivity contribution in [3.05, 3.63) is 53.1 Å². The summed E-state index contributed by atoms with van der Waals surface area (Å²) in [5.41, 5.74) is 2.92. The molecule has 0 aliphatic heterocycles. The normalized spacial score (nSPS) is 11.1. The van der Waals surface area contributed by atoms with Crippen molar-refractivity contribution in [2.45, 2.75) is 13.3 Å². The molecule has 0 spiro atoms. The number of nitrogens with one attached hydrogen (secondary N) is 1. The minimum atomic E-state index is -2.52. The predicted octanol–water partition coefficient (Wildman–Crippen LogP) is 4.53. The Labute approximate surface area is 179 Å². The zero-order chi connectivity index (χ0) is 22.6. The van der Waals surface area contributed by atoms with Gasteiger partial charge in [0.1, 0.15) is 12.6 Å². The number of para-hydroxylation sites is 1. The van der Waals surface area contributed by atoms with Crippen LogP contribution in [-0.4, -0.2) is 41.4 Å². The zero-order valence-corrected chi connectivity index (χ0v) is 18.5. The first-order valence-corrected chi connectivity index (χ1v) is 12.1. The van der Waals surface area contributed by atoms with E-state index in [0.29, 0.717) is 39.4 Å². The van der Waals surface area contributed by atoms with Crippen LogP contribution in [0, 0.1) is 4.91 Å². The van der Waals surface area contributed by atoms with Gasteiger partial charge in [-0.25, -0.2) is 4.98 Å². The number of methoxy groups -OCH3 is 1. The molecule has 0 atom stereocenters. The number of pyridine rings is 1. The fraction of sp³-hybridized carbons (Fsp3) is 0.238. The van der Waals surface area contributed by atoms with Gasteiger partial charge in [0.2, 0.25) is 0 Å². The highest BCUT2D eigenvalue weighted by molar-refractivity contribution is 7.69. The summed E-state index contributed by atoms with van der Waals surface area (Å²) in [6.45, 7) is 5.01. The summed E-state index contributed by atoms with van der Waals surface area (Å²) in [6, 6.07) is 10.2. The van der Waals surface area contributed by atoms with Gasteiger partial charge in [0, 0.05) is 24.2 Å². The molecule has 2 aromatic heterocycles. The van der Waals surface area contributed by atoms with Crippen LogP contribution in [-0.2, 0) is 4.57 Å². The second kappa shape index (κ2) is 9.14. The molecular formula is C21H22N5O4P. The minimum absolute atomic E-state index is 0.0460. The van der Waals surface area contributed by atoms with Crippen molar-refractivity contribution in [2.75, 3.05) is 25.8 Å². The number of hydrogen-bond donors (Lipinski definition) is 1. The number of ether oxygens (including phenoxy) is 1. The van der Waals surface area contributed by atoms with Crippen LogP contribution in [0.25, 0.3) is 11.3 Å². The van der Waals surface area contributed by atoms with Gasteiger partial charge >= 0.3 is 0 Å². The van der Waals surface area contributed by atoms with E-state index in [-0.39, 0.29) is 18.0 Å². The molecule has 9 nitrogen and oxygen atoms in total. The van der Waals surface area contributed by atoms with Gasteiger partial charge < -0.3 is 14.6 Å². The van der Waals surface area contributed by atoms with Crippen LogP contribution < -0.4 is 15.5 Å². The van der Waals surface area contributed by atoms with Gasteiger partial charge in [-0.15, -0.1) is 15.1 Å². The average molecular weight is 439 g/mol. The summed E-state index contributed by atoms with van der Waals surface area (Å²) in [7, 11) is -1.00. The van der Waals surface area contributed by atoms with Crippen molar-refractivity contribution >= 4 is 35.6 Å². The highest BCUT2D eigenvalue weighted by atomic mass is 31.2. The number of nitrogens with zero attached hydrogens (tertiary/aromatic N) is 4. The van der Waals surface area contributed by atoms with E-state index in [9.17, 15) is 14.3 Å². The Morgan fingerprint density at radius 1 is 1.16 bits per heavy atom. The van der Waals surface area contributed by atoms with Crippen LogP contribution in [0.15, 0.2) is 47.8 Å². The first-order chi connectivity index (χ1) is 14.8. The molecule has 0 aliphatic carbocycles. The molecule has 3 rings (SSSR count). The first-order valence-electron chi connectivity index (χ1n) is 9.48. The summed E-state index contributed by atoms with van der Waals surface area (Å²) in [5.74, 6) is 0.288. The largest absolute Gasteiger partial charge is 0.494 e. The van der Waals surface area contributed by atoms with Gasteiger partial charge in [0.05, 0.1) is 29.7 Å². The summed E-state index contributed by atoms with van der Waals surface area (Å²) >= 11 is 0. The molecule has 10 heteroatoms. The summed E-state index contributed by atoms with van der Waals surface area (Å²) < 4.78 is 17.8. The van der Waals surface area contributed by atoms with E-state index in [4.69, 9.17) is 4.74 Å². The molecule has 1 aromatic carbocycles. The average Bonchev–Trinajstić information content (AvgIpc) is 2.77. The lowest BCUT2D eigenvalue weighted by Gasteiger charge is -2.16. The van der Waals surface area contributed by atoms with Crippen LogP contribution in [0.3, 0.4) is 0 Å². The Balaban J connectivity index is 2.06. The molecule has 2 heterocycles. The number of aromatic nitrogens is 3. The fourth-order valence-electron chi connectivity index (χ4n) is 2.97. The molecule has 0 saturated heterocycles. The summed E-state index contributed by atoms with van der Waals surface area (Å²) in [6.07, 6.45) is 1.61. The van der Waals surface area contributed by atoms with Crippen molar-refractivity contribution in [1.29, 1.82) is 0 Å².